The van der Waals surface area contributed by atoms with Gasteiger partial charge in [-0.2, -0.15) is 0 Å². The Morgan fingerprint density at radius 1 is 1.21 bits per heavy atom. The average molecular weight is 328 g/mol. The van der Waals surface area contributed by atoms with Crippen molar-refractivity contribution >= 4 is 17.5 Å². The number of amides is 2. The Hall–Kier alpha value is -2.89. The molecule has 0 spiro atoms. The lowest BCUT2D eigenvalue weighted by Crippen LogP contribution is -2.58. The van der Waals surface area contributed by atoms with Gasteiger partial charge in [0.2, 0.25) is 0 Å². The third kappa shape index (κ3) is 2.95. The van der Waals surface area contributed by atoms with Gasteiger partial charge in [0.05, 0.1) is 5.69 Å². The molecule has 1 aliphatic heterocycles. The van der Waals surface area contributed by atoms with Crippen LogP contribution in [0.1, 0.15) is 12.5 Å². The Morgan fingerprint density at radius 3 is 2.71 bits per heavy atom. The molecule has 24 heavy (non-hydrogen) atoms. The minimum atomic E-state index is -1.66. The number of anilines is 1. The van der Waals surface area contributed by atoms with Gasteiger partial charge in [0, 0.05) is 6.54 Å². The van der Waals surface area contributed by atoms with Gasteiger partial charge in [-0.25, -0.2) is 4.39 Å². The summed E-state index contributed by atoms with van der Waals surface area (Å²) in [6.07, 6.45) is 0.326. The molecule has 0 saturated carbocycles. The van der Waals surface area contributed by atoms with Gasteiger partial charge in [-0.15, -0.1) is 0 Å². The van der Waals surface area contributed by atoms with E-state index in [4.69, 9.17) is 4.74 Å². The van der Waals surface area contributed by atoms with E-state index < -0.39 is 17.4 Å². The van der Waals surface area contributed by atoms with Crippen LogP contribution >= 0.6 is 0 Å². The summed E-state index contributed by atoms with van der Waals surface area (Å²) >= 11 is 0. The van der Waals surface area contributed by atoms with Crippen LogP contribution in [0.15, 0.2) is 48.5 Å². The summed E-state index contributed by atoms with van der Waals surface area (Å²) in [4.78, 5) is 24.7. The van der Waals surface area contributed by atoms with Gasteiger partial charge in [0.25, 0.3) is 17.4 Å². The van der Waals surface area contributed by atoms with E-state index in [1.165, 1.54) is 13.0 Å². The van der Waals surface area contributed by atoms with Crippen molar-refractivity contribution in [3.63, 3.8) is 0 Å². The Bertz CT molecular complexity index is 793. The predicted molar refractivity (Wildman–Crippen MR) is 87.2 cm³/mol. The Morgan fingerprint density at radius 2 is 1.92 bits per heavy atom. The molecule has 0 aromatic heterocycles. The molecule has 6 heteroatoms. The van der Waals surface area contributed by atoms with Crippen LogP contribution in [0.3, 0.4) is 0 Å². The van der Waals surface area contributed by atoms with E-state index in [-0.39, 0.29) is 12.4 Å². The topological polar surface area (TPSA) is 67.4 Å². The molecule has 1 aliphatic rings. The molecule has 2 aromatic carbocycles. The lowest BCUT2D eigenvalue weighted by atomic mass is 10.0. The molecule has 1 heterocycles. The van der Waals surface area contributed by atoms with Crippen LogP contribution in [-0.2, 0) is 16.0 Å². The van der Waals surface area contributed by atoms with E-state index in [0.717, 1.165) is 0 Å². The molecule has 2 amide bonds. The average Bonchev–Trinajstić information content (AvgIpc) is 2.57. The predicted octanol–water partition coefficient (Wildman–Crippen LogP) is 2.27. The number of ether oxygens (including phenoxy) is 1. The first-order valence-electron chi connectivity index (χ1n) is 7.62. The van der Waals surface area contributed by atoms with Gasteiger partial charge in [-0.3, -0.25) is 9.59 Å². The van der Waals surface area contributed by atoms with Gasteiger partial charge in [-0.1, -0.05) is 30.3 Å². The minimum Gasteiger partial charge on any atom is -0.466 e. The second-order valence-corrected chi connectivity index (χ2v) is 5.68. The summed E-state index contributed by atoms with van der Waals surface area (Å²) in [5.41, 5.74) is -0.634. The van der Waals surface area contributed by atoms with E-state index in [0.29, 0.717) is 23.4 Å². The molecule has 124 valence electrons. The molecule has 1 atom stereocenters. The van der Waals surface area contributed by atoms with Crippen molar-refractivity contribution in [3.05, 3.63) is 59.9 Å². The van der Waals surface area contributed by atoms with Crippen LogP contribution in [0.2, 0.25) is 0 Å². The zero-order valence-electron chi connectivity index (χ0n) is 13.1. The fourth-order valence-corrected chi connectivity index (χ4v) is 2.50. The maximum Gasteiger partial charge on any atom is 0.278 e. The molecule has 2 aromatic rings. The highest BCUT2D eigenvalue weighted by Gasteiger charge is 2.46. The van der Waals surface area contributed by atoms with Crippen LogP contribution in [0, 0.1) is 5.82 Å². The molecule has 2 N–H and O–H groups in total. The fourth-order valence-electron chi connectivity index (χ4n) is 2.50. The molecule has 5 nitrogen and oxygen atoms in total. The second-order valence-electron chi connectivity index (χ2n) is 5.68. The maximum absolute atomic E-state index is 13.6. The molecule has 3 rings (SSSR count). The molecule has 0 unspecified atom stereocenters. The van der Waals surface area contributed by atoms with Gasteiger partial charge in [-0.05, 0) is 37.1 Å². The van der Waals surface area contributed by atoms with Gasteiger partial charge in [0.1, 0.15) is 11.6 Å². The number of hydrogen-bond donors (Lipinski definition) is 2. The van der Waals surface area contributed by atoms with Crippen LogP contribution in [-0.4, -0.2) is 24.0 Å². The molecule has 0 bridgehead atoms. The number of para-hydroxylation sites is 2. The summed E-state index contributed by atoms with van der Waals surface area (Å²) in [5, 5.41) is 5.30. The molecule has 0 aliphatic carbocycles. The summed E-state index contributed by atoms with van der Waals surface area (Å²) < 4.78 is 19.2. The van der Waals surface area contributed by atoms with Crippen LogP contribution in [0.5, 0.6) is 5.75 Å². The maximum atomic E-state index is 13.6. The zero-order valence-corrected chi connectivity index (χ0v) is 13.1. The standard InChI is InChI=1S/C18H17FN2O3/c1-18(17(23)21-14-8-4-5-9-15(14)24-18)16(22)20-11-10-12-6-2-3-7-13(12)19/h2-9H,10-11H2,1H3,(H,20,22)(H,21,23)/t18-/m0/s1. The normalized spacial score (nSPS) is 19.0. The monoisotopic (exact) mass is 328 g/mol. The van der Waals surface area contributed by atoms with Crippen molar-refractivity contribution in [1.29, 1.82) is 0 Å². The summed E-state index contributed by atoms with van der Waals surface area (Å²) in [6, 6.07) is 13.3. The first-order valence-corrected chi connectivity index (χ1v) is 7.62. The SMILES string of the molecule is C[C@@]1(C(=O)NCCc2ccccc2F)Oc2ccccc2NC1=O. The number of rotatable bonds is 4. The van der Waals surface area contributed by atoms with E-state index >= 15 is 0 Å². The summed E-state index contributed by atoms with van der Waals surface area (Å²) in [6.45, 7) is 1.62. The third-order valence-corrected chi connectivity index (χ3v) is 3.95. The highest BCUT2D eigenvalue weighted by Crippen LogP contribution is 2.33. The first kappa shape index (κ1) is 16.0. The Labute approximate surface area is 138 Å². The smallest absolute Gasteiger partial charge is 0.278 e. The lowest BCUT2D eigenvalue weighted by Gasteiger charge is -2.33. The number of hydrogen-bond acceptors (Lipinski definition) is 3. The quantitative estimate of drug-likeness (QED) is 0.846. The molecular weight excluding hydrogens is 311 g/mol. The number of nitrogens with one attached hydrogen (secondary N) is 2. The molecular formula is C18H17FN2O3. The highest BCUT2D eigenvalue weighted by atomic mass is 19.1. The van der Waals surface area contributed by atoms with E-state index in [1.54, 1.807) is 42.5 Å². The number of carbonyl (C=O) groups excluding carboxylic acids is 2. The van der Waals surface area contributed by atoms with Crippen LogP contribution in [0.4, 0.5) is 10.1 Å². The Balaban J connectivity index is 1.66. The fraction of sp³-hybridized carbons (Fsp3) is 0.222. The molecule has 0 saturated heterocycles. The van der Waals surface area contributed by atoms with Crippen molar-refractivity contribution in [1.82, 2.24) is 5.32 Å². The van der Waals surface area contributed by atoms with Crippen LogP contribution < -0.4 is 15.4 Å². The van der Waals surface area contributed by atoms with Gasteiger partial charge < -0.3 is 15.4 Å². The molecule has 0 radical (unpaired) electrons. The first-order chi connectivity index (χ1) is 11.5. The summed E-state index contributed by atoms with van der Waals surface area (Å²) in [5.74, 6) is -0.988. The highest BCUT2D eigenvalue weighted by molar-refractivity contribution is 6.15. The largest absolute Gasteiger partial charge is 0.466 e. The van der Waals surface area contributed by atoms with E-state index in [2.05, 4.69) is 10.6 Å². The third-order valence-electron chi connectivity index (χ3n) is 3.95. The van der Waals surface area contributed by atoms with Gasteiger partial charge >= 0.3 is 0 Å². The number of halogens is 1. The molecule has 0 fully saturated rings. The van der Waals surface area contributed by atoms with Crippen molar-refractivity contribution in [2.75, 3.05) is 11.9 Å². The Kier molecular flexibility index (Phi) is 4.20. The van der Waals surface area contributed by atoms with E-state index in [9.17, 15) is 14.0 Å². The number of fused-ring (bicyclic) bond motifs is 1. The lowest BCUT2D eigenvalue weighted by molar-refractivity contribution is -0.146. The van der Waals surface area contributed by atoms with Gasteiger partial charge in [0.15, 0.2) is 0 Å². The second kappa shape index (κ2) is 6.31. The van der Waals surface area contributed by atoms with Crippen molar-refractivity contribution in [3.8, 4) is 5.75 Å². The van der Waals surface area contributed by atoms with E-state index in [1.807, 2.05) is 0 Å². The zero-order chi connectivity index (χ0) is 17.2. The van der Waals surface area contributed by atoms with Crippen LogP contribution in [0.25, 0.3) is 0 Å². The summed E-state index contributed by atoms with van der Waals surface area (Å²) in [7, 11) is 0. The minimum absolute atomic E-state index is 0.202. The number of benzene rings is 2. The van der Waals surface area contributed by atoms with Crippen molar-refractivity contribution in [2.24, 2.45) is 0 Å². The van der Waals surface area contributed by atoms with Crippen molar-refractivity contribution in [2.45, 2.75) is 18.9 Å². The number of carbonyl (C=O) groups is 2. The van der Waals surface area contributed by atoms with Crippen molar-refractivity contribution < 1.29 is 18.7 Å².